The zero-order valence-corrected chi connectivity index (χ0v) is 4.83. The van der Waals surface area contributed by atoms with E-state index in [1.54, 1.807) is 0 Å². The maximum Gasteiger partial charge on any atom is -0.0229 e. The minimum absolute atomic E-state index is 1.12. The predicted molar refractivity (Wildman–Crippen MR) is 28.4 cm³/mol. The predicted octanol–water partition coefficient (Wildman–Crippen LogP) is 2.31. The van der Waals surface area contributed by atoms with Crippen LogP contribution in [0, 0.1) is 0 Å². The van der Waals surface area contributed by atoms with Crippen molar-refractivity contribution in [3.63, 3.8) is 0 Å². The Labute approximate surface area is 41.0 Å². The maximum atomic E-state index is 3.13. The van der Waals surface area contributed by atoms with Crippen molar-refractivity contribution < 1.29 is 0 Å². The third kappa shape index (κ3) is 4.22. The number of halogens is 1. The van der Waals surface area contributed by atoms with Crippen LogP contribution >= 0.6 is 15.9 Å². The first-order valence-corrected chi connectivity index (χ1v) is 2.58. The van der Waals surface area contributed by atoms with Crippen molar-refractivity contribution in [1.82, 2.24) is 0 Å². The molecule has 0 unspecified atom stereocenters. The highest BCUT2D eigenvalue weighted by molar-refractivity contribution is 9.11. The topological polar surface area (TPSA) is 0 Å². The second-order valence-corrected chi connectivity index (χ2v) is 1.30. The van der Waals surface area contributed by atoms with Gasteiger partial charge in [-0.05, 0) is 11.4 Å². The van der Waals surface area contributed by atoms with E-state index in [4.69, 9.17) is 0 Å². The van der Waals surface area contributed by atoms with E-state index < -0.39 is 0 Å². The van der Waals surface area contributed by atoms with Crippen LogP contribution in [0.5, 0.6) is 0 Å². The SMILES string of the molecule is CC/C=C/Br. The van der Waals surface area contributed by atoms with E-state index in [9.17, 15) is 0 Å². The molecule has 5 heavy (non-hydrogen) atoms. The number of hydrogen-bond donors (Lipinski definition) is 0. The van der Waals surface area contributed by atoms with Crippen molar-refractivity contribution in [3.05, 3.63) is 11.1 Å². The molecule has 0 aliphatic heterocycles. The van der Waals surface area contributed by atoms with E-state index in [1.807, 2.05) is 11.1 Å². The summed E-state index contributed by atoms with van der Waals surface area (Å²) in [6.45, 7) is 2.10. The van der Waals surface area contributed by atoms with E-state index >= 15 is 0 Å². The first-order valence-electron chi connectivity index (χ1n) is 1.67. The molecule has 0 saturated carbocycles. The van der Waals surface area contributed by atoms with Gasteiger partial charge in [0.2, 0.25) is 0 Å². The second kappa shape index (κ2) is 4.22. The third-order valence-electron chi connectivity index (χ3n) is 0.325. The van der Waals surface area contributed by atoms with Crippen LogP contribution in [0.25, 0.3) is 0 Å². The molecule has 0 aromatic carbocycles. The van der Waals surface area contributed by atoms with Crippen molar-refractivity contribution in [2.75, 3.05) is 0 Å². The lowest BCUT2D eigenvalue weighted by atomic mass is 10.5. The molecule has 0 aromatic heterocycles. The average molecular weight is 135 g/mol. The average Bonchev–Trinajstić information content (AvgIpc) is 1.41. The summed E-state index contributed by atoms with van der Waals surface area (Å²) in [5.41, 5.74) is 0. The Morgan fingerprint density at radius 3 is 2.40 bits per heavy atom. The molecule has 0 fully saturated rings. The van der Waals surface area contributed by atoms with Gasteiger partial charge in [-0.15, -0.1) is 0 Å². The summed E-state index contributed by atoms with van der Waals surface area (Å²) < 4.78 is 0. The van der Waals surface area contributed by atoms with E-state index in [0.717, 1.165) is 6.42 Å². The molecule has 0 saturated heterocycles. The second-order valence-electron chi connectivity index (χ2n) is 0.770. The molecular weight excluding hydrogens is 128 g/mol. The Bertz CT molecular complexity index is 30.6. The van der Waals surface area contributed by atoms with Crippen molar-refractivity contribution in [2.24, 2.45) is 0 Å². The molecule has 0 radical (unpaired) electrons. The van der Waals surface area contributed by atoms with Gasteiger partial charge in [0.25, 0.3) is 0 Å². The molecule has 0 heterocycles. The molecular formula is C4H7Br. The molecule has 0 aromatic rings. The zero-order valence-electron chi connectivity index (χ0n) is 3.24. The summed E-state index contributed by atoms with van der Waals surface area (Å²) in [5.74, 6) is 0. The van der Waals surface area contributed by atoms with Gasteiger partial charge in [0.05, 0.1) is 0 Å². The number of rotatable bonds is 1. The summed E-state index contributed by atoms with van der Waals surface area (Å²) in [5, 5.41) is 0. The van der Waals surface area contributed by atoms with E-state index in [2.05, 4.69) is 22.9 Å². The Morgan fingerprint density at radius 1 is 1.80 bits per heavy atom. The molecule has 0 rings (SSSR count). The van der Waals surface area contributed by atoms with Crippen LogP contribution < -0.4 is 0 Å². The van der Waals surface area contributed by atoms with Gasteiger partial charge in [-0.2, -0.15) is 0 Å². The smallest absolute Gasteiger partial charge is 0.0229 e. The lowest BCUT2D eigenvalue weighted by molar-refractivity contribution is 1.23. The lowest BCUT2D eigenvalue weighted by Crippen LogP contribution is -1.40. The molecule has 0 aliphatic carbocycles. The number of allylic oxidation sites excluding steroid dienone is 1. The molecule has 0 nitrogen and oxygen atoms in total. The van der Waals surface area contributed by atoms with Crippen molar-refractivity contribution >= 4 is 15.9 Å². The van der Waals surface area contributed by atoms with Gasteiger partial charge in [0.15, 0.2) is 0 Å². The molecule has 1 heteroatoms. The van der Waals surface area contributed by atoms with Gasteiger partial charge in [-0.3, -0.25) is 0 Å². The quantitative estimate of drug-likeness (QED) is 0.517. The molecule has 0 spiro atoms. The maximum absolute atomic E-state index is 3.13. The summed E-state index contributed by atoms with van der Waals surface area (Å²) >= 11 is 3.13. The van der Waals surface area contributed by atoms with Crippen molar-refractivity contribution in [3.8, 4) is 0 Å². The Morgan fingerprint density at radius 2 is 2.40 bits per heavy atom. The van der Waals surface area contributed by atoms with Crippen LogP contribution in [-0.4, -0.2) is 0 Å². The van der Waals surface area contributed by atoms with Crippen LogP contribution in [0.15, 0.2) is 11.1 Å². The highest BCUT2D eigenvalue weighted by atomic mass is 79.9. The van der Waals surface area contributed by atoms with Crippen molar-refractivity contribution in [2.45, 2.75) is 13.3 Å². The molecule has 0 bridgehead atoms. The van der Waals surface area contributed by atoms with Gasteiger partial charge in [-0.1, -0.05) is 28.9 Å². The Hall–Kier alpha value is 0.220. The lowest BCUT2D eigenvalue weighted by Gasteiger charge is -1.63. The highest BCUT2D eigenvalue weighted by Crippen LogP contribution is 1.83. The fraction of sp³-hybridized carbons (Fsp3) is 0.500. The van der Waals surface area contributed by atoms with E-state index in [1.165, 1.54) is 0 Å². The summed E-state index contributed by atoms with van der Waals surface area (Å²) in [7, 11) is 0. The Balaban J connectivity index is 2.62. The largest absolute Gasteiger partial charge is 0.0779 e. The minimum atomic E-state index is 1.12. The summed E-state index contributed by atoms with van der Waals surface area (Å²) in [6, 6.07) is 0. The van der Waals surface area contributed by atoms with Gasteiger partial charge in [0, 0.05) is 0 Å². The van der Waals surface area contributed by atoms with Gasteiger partial charge >= 0.3 is 0 Å². The summed E-state index contributed by atoms with van der Waals surface area (Å²) in [6.07, 6.45) is 3.16. The van der Waals surface area contributed by atoms with E-state index in [0.29, 0.717) is 0 Å². The van der Waals surface area contributed by atoms with Crippen LogP contribution in [0.2, 0.25) is 0 Å². The van der Waals surface area contributed by atoms with Crippen LogP contribution in [0.1, 0.15) is 13.3 Å². The van der Waals surface area contributed by atoms with Crippen molar-refractivity contribution in [1.29, 1.82) is 0 Å². The van der Waals surface area contributed by atoms with Gasteiger partial charge in [0.1, 0.15) is 0 Å². The zero-order chi connectivity index (χ0) is 4.12. The molecule has 0 N–H and O–H groups in total. The summed E-state index contributed by atoms with van der Waals surface area (Å²) in [4.78, 5) is 1.87. The first kappa shape index (κ1) is 5.22. The Kier molecular flexibility index (Phi) is 4.41. The minimum Gasteiger partial charge on any atom is -0.0779 e. The van der Waals surface area contributed by atoms with Gasteiger partial charge in [-0.25, -0.2) is 0 Å². The molecule has 30 valence electrons. The third-order valence-corrected chi connectivity index (χ3v) is 0.699. The first-order chi connectivity index (χ1) is 2.41. The highest BCUT2D eigenvalue weighted by Gasteiger charge is 1.53. The molecule has 0 atom stereocenters. The molecule has 0 amide bonds. The molecule has 0 aliphatic rings. The van der Waals surface area contributed by atoms with Crippen LogP contribution in [0.3, 0.4) is 0 Å². The standard InChI is InChI=1S/C4H7Br/c1-2-3-4-5/h3-4H,2H2,1H3/b4-3+. The monoisotopic (exact) mass is 134 g/mol. The normalized spacial score (nSPS) is 10.0. The fourth-order valence-electron chi connectivity index (χ4n) is 0.0891. The fourth-order valence-corrected chi connectivity index (χ4v) is 0.463. The van der Waals surface area contributed by atoms with Crippen LogP contribution in [-0.2, 0) is 0 Å². The van der Waals surface area contributed by atoms with Gasteiger partial charge < -0.3 is 0 Å². The van der Waals surface area contributed by atoms with E-state index in [-0.39, 0.29) is 0 Å². The van der Waals surface area contributed by atoms with Crippen LogP contribution in [0.4, 0.5) is 0 Å². The number of hydrogen-bond acceptors (Lipinski definition) is 0.